The fourth-order valence-corrected chi connectivity index (χ4v) is 1.99. The Labute approximate surface area is 130 Å². The number of aliphatic hydroxyl groups excluding tert-OH is 1. The number of aryl methyl sites for hydroxylation is 1. The van der Waals surface area contributed by atoms with Crippen LogP contribution in [-0.2, 0) is 13.0 Å². The maximum Gasteiger partial charge on any atom is 0.274 e. The van der Waals surface area contributed by atoms with Crippen molar-refractivity contribution in [2.45, 2.75) is 46.3 Å². The van der Waals surface area contributed by atoms with Crippen LogP contribution >= 0.6 is 0 Å². The minimum absolute atomic E-state index is 0.0491. The highest BCUT2D eigenvalue weighted by Crippen LogP contribution is 2.11. The highest BCUT2D eigenvalue weighted by atomic mass is 16.3. The lowest BCUT2D eigenvalue weighted by Crippen LogP contribution is -2.32. The smallest absolute Gasteiger partial charge is 0.274 e. The Morgan fingerprint density at radius 3 is 2.50 bits per heavy atom. The number of carbonyl (C=O) groups is 1. The van der Waals surface area contributed by atoms with Crippen molar-refractivity contribution in [3.05, 3.63) is 41.2 Å². The normalized spacial score (nSPS) is 12.2. The van der Waals surface area contributed by atoms with E-state index in [2.05, 4.69) is 22.4 Å². The molecule has 0 aliphatic heterocycles. The van der Waals surface area contributed by atoms with Gasteiger partial charge in [-0.3, -0.25) is 4.79 Å². The zero-order valence-corrected chi connectivity index (χ0v) is 13.2. The third-order valence-corrected chi connectivity index (χ3v) is 3.61. The van der Waals surface area contributed by atoms with Crippen LogP contribution in [0.15, 0.2) is 24.3 Å². The molecule has 0 saturated heterocycles. The number of amides is 1. The summed E-state index contributed by atoms with van der Waals surface area (Å²) in [6.45, 7) is 5.67. The summed E-state index contributed by atoms with van der Waals surface area (Å²) in [7, 11) is 0. The van der Waals surface area contributed by atoms with E-state index in [4.69, 9.17) is 0 Å². The molecule has 0 saturated carbocycles. The van der Waals surface area contributed by atoms with E-state index in [0.29, 0.717) is 0 Å². The zero-order valence-electron chi connectivity index (χ0n) is 13.2. The van der Waals surface area contributed by atoms with Crippen LogP contribution in [0.3, 0.4) is 0 Å². The fraction of sp³-hybridized carbons (Fsp3) is 0.438. The molecule has 0 spiro atoms. The molecule has 1 aromatic carbocycles. The van der Waals surface area contributed by atoms with E-state index in [1.54, 1.807) is 0 Å². The second kappa shape index (κ2) is 7.17. The number of hydrogen-bond acceptors (Lipinski definition) is 4. The van der Waals surface area contributed by atoms with Gasteiger partial charge in [-0.05, 0) is 37.5 Å². The summed E-state index contributed by atoms with van der Waals surface area (Å²) < 4.78 is 0. The van der Waals surface area contributed by atoms with E-state index in [9.17, 15) is 9.90 Å². The van der Waals surface area contributed by atoms with Crippen LogP contribution in [0.5, 0.6) is 0 Å². The first kappa shape index (κ1) is 16.2. The van der Waals surface area contributed by atoms with E-state index in [1.165, 1.54) is 10.4 Å². The van der Waals surface area contributed by atoms with Crippen LogP contribution in [0.4, 0.5) is 0 Å². The zero-order chi connectivity index (χ0) is 16.1. The van der Waals surface area contributed by atoms with E-state index < -0.39 is 0 Å². The van der Waals surface area contributed by atoms with Crippen molar-refractivity contribution >= 4 is 5.91 Å². The second-order valence-corrected chi connectivity index (χ2v) is 5.25. The van der Waals surface area contributed by atoms with Gasteiger partial charge in [0.25, 0.3) is 5.91 Å². The molecule has 0 bridgehead atoms. The van der Waals surface area contributed by atoms with Crippen molar-refractivity contribution in [3.63, 3.8) is 0 Å². The number of carbonyl (C=O) groups excluding carboxylic acids is 1. The van der Waals surface area contributed by atoms with Crippen molar-refractivity contribution in [1.82, 2.24) is 20.3 Å². The molecule has 0 radical (unpaired) electrons. The molecule has 0 aliphatic rings. The lowest BCUT2D eigenvalue weighted by molar-refractivity contribution is 0.0930. The van der Waals surface area contributed by atoms with Crippen LogP contribution in [0.1, 0.15) is 48.9 Å². The Bertz CT molecular complexity index is 634. The number of benzene rings is 1. The summed E-state index contributed by atoms with van der Waals surface area (Å²) in [5, 5.41) is 20.7. The average Bonchev–Trinajstić information content (AvgIpc) is 2.99. The number of aromatic nitrogens is 3. The molecule has 0 unspecified atom stereocenters. The van der Waals surface area contributed by atoms with Gasteiger partial charge in [-0.1, -0.05) is 26.0 Å². The molecule has 1 amide bonds. The Morgan fingerprint density at radius 2 is 1.95 bits per heavy atom. The largest absolute Gasteiger partial charge is 0.390 e. The molecule has 0 aliphatic carbocycles. The Hall–Kier alpha value is -2.21. The van der Waals surface area contributed by atoms with Gasteiger partial charge in [0.2, 0.25) is 0 Å². The first-order valence-corrected chi connectivity index (χ1v) is 7.56. The van der Waals surface area contributed by atoms with E-state index in [-0.39, 0.29) is 29.9 Å². The van der Waals surface area contributed by atoms with Crippen molar-refractivity contribution < 1.29 is 9.90 Å². The molecule has 6 heteroatoms. The molecule has 1 aromatic heterocycles. The molecule has 1 heterocycles. The number of hydrogen-bond donors (Lipinski definition) is 2. The number of nitrogens with zero attached hydrogens (tertiary/aromatic N) is 3. The molecule has 118 valence electrons. The van der Waals surface area contributed by atoms with E-state index in [0.717, 1.165) is 18.5 Å². The molecule has 22 heavy (non-hydrogen) atoms. The van der Waals surface area contributed by atoms with Gasteiger partial charge in [-0.25, -0.2) is 0 Å². The average molecular weight is 302 g/mol. The quantitative estimate of drug-likeness (QED) is 0.853. The van der Waals surface area contributed by atoms with Gasteiger partial charge in [0.15, 0.2) is 5.69 Å². The van der Waals surface area contributed by atoms with Crippen molar-refractivity contribution in [2.24, 2.45) is 0 Å². The van der Waals surface area contributed by atoms with Crippen LogP contribution in [0, 0.1) is 0 Å². The molecular weight excluding hydrogens is 280 g/mol. The van der Waals surface area contributed by atoms with Crippen molar-refractivity contribution in [2.75, 3.05) is 0 Å². The van der Waals surface area contributed by atoms with Gasteiger partial charge < -0.3 is 10.4 Å². The molecule has 1 atom stereocenters. The van der Waals surface area contributed by atoms with Gasteiger partial charge in [0.1, 0.15) is 5.69 Å². The number of nitrogens with one attached hydrogen (secondary N) is 1. The standard InChI is InChI=1S/C16H22N4O2/c1-4-11(3)17-16(22)15-14(10-21)18-20(19-15)13-8-6-12(5-2)7-9-13/h6-9,11,21H,4-5,10H2,1-3H3,(H,17,22)/t11-/m0/s1. The second-order valence-electron chi connectivity index (χ2n) is 5.25. The SMILES string of the molecule is CCc1ccc(-n2nc(CO)c(C(=O)N[C@@H](C)CC)n2)cc1. The fourth-order valence-electron chi connectivity index (χ4n) is 1.99. The van der Waals surface area contributed by atoms with Crippen LogP contribution in [0.25, 0.3) is 5.69 Å². The Balaban J connectivity index is 2.29. The molecule has 6 nitrogen and oxygen atoms in total. The number of rotatable bonds is 6. The van der Waals surface area contributed by atoms with Crippen LogP contribution in [0.2, 0.25) is 0 Å². The van der Waals surface area contributed by atoms with Gasteiger partial charge in [-0.15, -0.1) is 10.2 Å². The molecule has 2 N–H and O–H groups in total. The Morgan fingerprint density at radius 1 is 1.27 bits per heavy atom. The summed E-state index contributed by atoms with van der Waals surface area (Å²) in [6.07, 6.45) is 1.78. The van der Waals surface area contributed by atoms with Crippen LogP contribution in [-0.4, -0.2) is 32.0 Å². The van der Waals surface area contributed by atoms with Crippen molar-refractivity contribution in [3.8, 4) is 5.69 Å². The minimum atomic E-state index is -0.323. The third-order valence-electron chi connectivity index (χ3n) is 3.61. The summed E-state index contributed by atoms with van der Waals surface area (Å²) in [6, 6.07) is 7.84. The topological polar surface area (TPSA) is 80.0 Å². The lowest BCUT2D eigenvalue weighted by Gasteiger charge is -2.09. The van der Waals surface area contributed by atoms with Gasteiger partial charge in [-0.2, -0.15) is 4.80 Å². The lowest BCUT2D eigenvalue weighted by atomic mass is 10.2. The molecule has 2 aromatic rings. The van der Waals surface area contributed by atoms with Gasteiger partial charge >= 0.3 is 0 Å². The van der Waals surface area contributed by atoms with Crippen LogP contribution < -0.4 is 5.32 Å². The first-order valence-electron chi connectivity index (χ1n) is 7.56. The maximum atomic E-state index is 12.2. The molecule has 2 rings (SSSR count). The van der Waals surface area contributed by atoms with Gasteiger partial charge in [0.05, 0.1) is 12.3 Å². The summed E-state index contributed by atoms with van der Waals surface area (Å²) in [5.41, 5.74) is 2.42. The van der Waals surface area contributed by atoms with Gasteiger partial charge in [0, 0.05) is 6.04 Å². The summed E-state index contributed by atoms with van der Waals surface area (Å²) in [5.74, 6) is -0.310. The number of aliphatic hydroxyl groups is 1. The highest BCUT2D eigenvalue weighted by molar-refractivity contribution is 5.93. The molecule has 0 fully saturated rings. The Kier molecular flexibility index (Phi) is 5.27. The summed E-state index contributed by atoms with van der Waals surface area (Å²) >= 11 is 0. The molecular formula is C16H22N4O2. The first-order chi connectivity index (χ1) is 10.6. The summed E-state index contributed by atoms with van der Waals surface area (Å²) in [4.78, 5) is 13.6. The maximum absolute atomic E-state index is 12.2. The predicted molar refractivity (Wildman–Crippen MR) is 83.9 cm³/mol. The van der Waals surface area contributed by atoms with E-state index in [1.807, 2.05) is 38.1 Å². The highest BCUT2D eigenvalue weighted by Gasteiger charge is 2.19. The monoisotopic (exact) mass is 302 g/mol. The van der Waals surface area contributed by atoms with Crippen molar-refractivity contribution in [1.29, 1.82) is 0 Å². The predicted octanol–water partition coefficient (Wildman–Crippen LogP) is 1.85. The minimum Gasteiger partial charge on any atom is -0.390 e. The van der Waals surface area contributed by atoms with E-state index >= 15 is 0 Å². The third kappa shape index (κ3) is 3.51.